The van der Waals surface area contributed by atoms with E-state index in [2.05, 4.69) is 17.9 Å². The molecule has 0 saturated carbocycles. The third-order valence-electron chi connectivity index (χ3n) is 3.70. The Bertz CT molecular complexity index is 382. The van der Waals surface area contributed by atoms with Gasteiger partial charge in [0.2, 0.25) is 0 Å². The molecule has 2 N–H and O–H groups in total. The molecule has 18 heavy (non-hydrogen) atoms. The Labute approximate surface area is 121 Å². The molecular formula is C14H22Cl2N2. The molecular weight excluding hydrogens is 267 g/mol. The topological polar surface area (TPSA) is 29.3 Å². The first-order valence-corrected chi connectivity index (χ1v) is 6.77. The Hall–Kier alpha value is -0.280. The maximum atomic E-state index is 5.98. The van der Waals surface area contributed by atoms with E-state index in [0.717, 1.165) is 18.1 Å². The highest BCUT2D eigenvalue weighted by atomic mass is 35.5. The van der Waals surface area contributed by atoms with Gasteiger partial charge in [-0.1, -0.05) is 24.1 Å². The average Bonchev–Trinajstić information content (AvgIpc) is 2.33. The summed E-state index contributed by atoms with van der Waals surface area (Å²) in [7, 11) is 0. The van der Waals surface area contributed by atoms with E-state index in [1.165, 1.54) is 36.9 Å². The largest absolute Gasteiger partial charge is 0.329 e. The second-order valence-corrected chi connectivity index (χ2v) is 5.36. The zero-order valence-corrected chi connectivity index (χ0v) is 12.4. The molecule has 102 valence electrons. The maximum Gasteiger partial charge on any atom is 0.0408 e. The summed E-state index contributed by atoms with van der Waals surface area (Å²) >= 11 is 5.98. The first-order valence-electron chi connectivity index (χ1n) is 6.40. The second kappa shape index (κ2) is 7.34. The fraction of sp³-hybridized carbons (Fsp3) is 0.571. The van der Waals surface area contributed by atoms with E-state index < -0.39 is 0 Å². The lowest BCUT2D eigenvalue weighted by Gasteiger charge is -2.35. The van der Waals surface area contributed by atoms with Crippen LogP contribution >= 0.6 is 24.0 Å². The second-order valence-electron chi connectivity index (χ2n) is 4.93. The summed E-state index contributed by atoms with van der Waals surface area (Å²) < 4.78 is 0. The number of aryl methyl sites for hydroxylation is 1. The first-order chi connectivity index (χ1) is 8.20. The monoisotopic (exact) mass is 288 g/mol. The van der Waals surface area contributed by atoms with Gasteiger partial charge in [0.15, 0.2) is 0 Å². The number of nitrogens with two attached hydrogens (primary N) is 1. The smallest absolute Gasteiger partial charge is 0.0408 e. The van der Waals surface area contributed by atoms with Gasteiger partial charge in [-0.15, -0.1) is 12.4 Å². The highest BCUT2D eigenvalue weighted by molar-refractivity contribution is 6.30. The number of benzene rings is 1. The summed E-state index contributed by atoms with van der Waals surface area (Å²) in [6.45, 7) is 5.07. The Kier molecular flexibility index (Phi) is 6.44. The van der Waals surface area contributed by atoms with Gasteiger partial charge in [0.25, 0.3) is 0 Å². The van der Waals surface area contributed by atoms with Crippen molar-refractivity contribution in [3.8, 4) is 0 Å². The Morgan fingerprint density at radius 3 is 2.83 bits per heavy atom. The fourth-order valence-electron chi connectivity index (χ4n) is 2.59. The van der Waals surface area contributed by atoms with Gasteiger partial charge in [-0.3, -0.25) is 4.90 Å². The number of rotatable bonds is 3. The molecule has 1 heterocycles. The normalized spacial score (nSPS) is 20.5. The predicted octanol–water partition coefficient (Wildman–Crippen LogP) is 3.38. The molecule has 0 bridgehead atoms. The quantitative estimate of drug-likeness (QED) is 0.924. The predicted molar refractivity (Wildman–Crippen MR) is 80.5 cm³/mol. The van der Waals surface area contributed by atoms with Crippen molar-refractivity contribution >= 4 is 24.0 Å². The molecule has 1 aromatic carbocycles. The van der Waals surface area contributed by atoms with E-state index in [4.69, 9.17) is 17.3 Å². The molecule has 2 rings (SSSR count). The third kappa shape index (κ3) is 3.86. The van der Waals surface area contributed by atoms with Gasteiger partial charge in [0.1, 0.15) is 0 Å². The molecule has 0 spiro atoms. The molecule has 0 aliphatic carbocycles. The van der Waals surface area contributed by atoms with E-state index in [9.17, 15) is 0 Å². The molecule has 4 heteroatoms. The summed E-state index contributed by atoms with van der Waals surface area (Å²) in [6, 6.07) is 6.71. The standard InChI is InChI=1S/C14H21ClN2.ClH/c1-11-8-13(15)6-5-12(11)10-17-7-3-2-4-14(17)9-16;/h5-6,8,14H,2-4,7,9-10,16H2,1H3;1H. The number of hydrogen-bond acceptors (Lipinski definition) is 2. The van der Waals surface area contributed by atoms with Gasteiger partial charge < -0.3 is 5.73 Å². The lowest BCUT2D eigenvalue weighted by molar-refractivity contribution is 0.144. The molecule has 1 fully saturated rings. The van der Waals surface area contributed by atoms with Crippen molar-refractivity contribution in [1.29, 1.82) is 0 Å². The zero-order valence-electron chi connectivity index (χ0n) is 10.9. The van der Waals surface area contributed by atoms with Gasteiger partial charge in [0.05, 0.1) is 0 Å². The van der Waals surface area contributed by atoms with Gasteiger partial charge in [-0.2, -0.15) is 0 Å². The molecule has 1 aliphatic rings. The van der Waals surface area contributed by atoms with Gasteiger partial charge in [-0.25, -0.2) is 0 Å². The van der Waals surface area contributed by atoms with Crippen molar-refractivity contribution < 1.29 is 0 Å². The first kappa shape index (κ1) is 15.8. The minimum absolute atomic E-state index is 0. The van der Waals surface area contributed by atoms with Crippen molar-refractivity contribution in [3.63, 3.8) is 0 Å². The fourth-order valence-corrected chi connectivity index (χ4v) is 2.82. The number of hydrogen-bond donors (Lipinski definition) is 1. The number of likely N-dealkylation sites (tertiary alicyclic amines) is 1. The molecule has 1 unspecified atom stereocenters. The lowest BCUT2D eigenvalue weighted by atomic mass is 10.00. The summed E-state index contributed by atoms with van der Waals surface area (Å²) in [4.78, 5) is 2.51. The highest BCUT2D eigenvalue weighted by Crippen LogP contribution is 2.22. The van der Waals surface area contributed by atoms with E-state index >= 15 is 0 Å². The maximum absolute atomic E-state index is 5.98. The van der Waals surface area contributed by atoms with Crippen LogP contribution in [0.15, 0.2) is 18.2 Å². The van der Waals surface area contributed by atoms with E-state index in [-0.39, 0.29) is 12.4 Å². The Balaban J connectivity index is 0.00000162. The number of piperidine rings is 1. The van der Waals surface area contributed by atoms with Crippen LogP contribution in [0.4, 0.5) is 0 Å². The Morgan fingerprint density at radius 1 is 1.39 bits per heavy atom. The van der Waals surface area contributed by atoms with Crippen LogP contribution in [0.1, 0.15) is 30.4 Å². The molecule has 0 radical (unpaired) electrons. The van der Waals surface area contributed by atoms with Crippen molar-refractivity contribution in [2.75, 3.05) is 13.1 Å². The Morgan fingerprint density at radius 2 is 2.17 bits per heavy atom. The van der Waals surface area contributed by atoms with Crippen molar-refractivity contribution in [3.05, 3.63) is 34.3 Å². The van der Waals surface area contributed by atoms with E-state index in [1.807, 2.05) is 12.1 Å². The van der Waals surface area contributed by atoms with Gasteiger partial charge in [-0.05, 0) is 49.6 Å². The van der Waals surface area contributed by atoms with Crippen LogP contribution < -0.4 is 5.73 Å². The molecule has 1 saturated heterocycles. The highest BCUT2D eigenvalue weighted by Gasteiger charge is 2.21. The molecule has 1 atom stereocenters. The van der Waals surface area contributed by atoms with Crippen LogP contribution in [0.25, 0.3) is 0 Å². The minimum Gasteiger partial charge on any atom is -0.329 e. The van der Waals surface area contributed by atoms with Crippen LogP contribution in [-0.2, 0) is 6.54 Å². The molecule has 1 aromatic rings. The summed E-state index contributed by atoms with van der Waals surface area (Å²) in [6.07, 6.45) is 3.85. The van der Waals surface area contributed by atoms with Crippen molar-refractivity contribution in [1.82, 2.24) is 4.90 Å². The SMILES string of the molecule is Cc1cc(Cl)ccc1CN1CCCCC1CN.Cl. The van der Waals surface area contributed by atoms with Crippen LogP contribution in [0.2, 0.25) is 5.02 Å². The van der Waals surface area contributed by atoms with Crippen LogP contribution in [-0.4, -0.2) is 24.0 Å². The van der Waals surface area contributed by atoms with Crippen molar-refractivity contribution in [2.24, 2.45) is 5.73 Å². The van der Waals surface area contributed by atoms with Crippen LogP contribution in [0.5, 0.6) is 0 Å². The zero-order chi connectivity index (χ0) is 12.3. The van der Waals surface area contributed by atoms with Crippen molar-refractivity contribution in [2.45, 2.75) is 38.8 Å². The van der Waals surface area contributed by atoms with E-state index in [1.54, 1.807) is 0 Å². The molecule has 0 amide bonds. The number of nitrogens with zero attached hydrogens (tertiary/aromatic N) is 1. The third-order valence-corrected chi connectivity index (χ3v) is 3.93. The van der Waals surface area contributed by atoms with Gasteiger partial charge >= 0.3 is 0 Å². The van der Waals surface area contributed by atoms with Crippen LogP contribution in [0.3, 0.4) is 0 Å². The minimum atomic E-state index is 0. The lowest BCUT2D eigenvalue weighted by Crippen LogP contribution is -2.43. The molecule has 0 aromatic heterocycles. The average molecular weight is 289 g/mol. The molecule has 1 aliphatic heterocycles. The summed E-state index contributed by atoms with van der Waals surface area (Å²) in [5, 5.41) is 0.820. The summed E-state index contributed by atoms with van der Waals surface area (Å²) in [5.41, 5.74) is 8.49. The van der Waals surface area contributed by atoms with Crippen LogP contribution in [0, 0.1) is 6.92 Å². The summed E-state index contributed by atoms with van der Waals surface area (Å²) in [5.74, 6) is 0. The number of halogens is 2. The van der Waals surface area contributed by atoms with Gasteiger partial charge in [0, 0.05) is 24.2 Å². The molecule has 2 nitrogen and oxygen atoms in total. The van der Waals surface area contributed by atoms with E-state index in [0.29, 0.717) is 6.04 Å².